The highest BCUT2D eigenvalue weighted by Crippen LogP contribution is 2.17. The largest absolute Gasteiger partial charge is 0.492 e. The first kappa shape index (κ1) is 15.8. The standard InChI is InChI=1S/C14H21BrClNO/c1-11(2)8-13(10-16)17-6-7-18-14-5-3-4-12(15)9-14/h3-5,9,11,13,17H,6-8,10H2,1-2H3. The molecule has 2 nitrogen and oxygen atoms in total. The Morgan fingerprint density at radius 3 is 2.78 bits per heavy atom. The van der Waals surface area contributed by atoms with Gasteiger partial charge in [-0.2, -0.15) is 0 Å². The van der Waals surface area contributed by atoms with Crippen molar-refractivity contribution >= 4 is 27.5 Å². The average molecular weight is 335 g/mol. The number of rotatable bonds is 8. The minimum atomic E-state index is 0.373. The van der Waals surface area contributed by atoms with Gasteiger partial charge in [0.1, 0.15) is 12.4 Å². The number of nitrogens with one attached hydrogen (secondary N) is 1. The lowest BCUT2D eigenvalue weighted by molar-refractivity contribution is 0.301. The molecule has 0 amide bonds. The first-order chi connectivity index (χ1) is 8.61. The van der Waals surface area contributed by atoms with Crippen LogP contribution in [0.2, 0.25) is 0 Å². The molecule has 0 aliphatic rings. The zero-order valence-electron chi connectivity index (χ0n) is 11.0. The number of benzene rings is 1. The molecule has 0 saturated heterocycles. The van der Waals surface area contributed by atoms with Crippen molar-refractivity contribution in [2.75, 3.05) is 19.0 Å². The zero-order valence-corrected chi connectivity index (χ0v) is 13.3. The number of halogens is 2. The molecule has 0 aromatic heterocycles. The fourth-order valence-corrected chi connectivity index (χ4v) is 2.37. The van der Waals surface area contributed by atoms with Crippen molar-refractivity contribution in [2.24, 2.45) is 5.92 Å². The fourth-order valence-electron chi connectivity index (χ4n) is 1.76. The van der Waals surface area contributed by atoms with Gasteiger partial charge in [-0.05, 0) is 30.5 Å². The molecule has 1 rings (SSSR count). The van der Waals surface area contributed by atoms with Crippen molar-refractivity contribution in [2.45, 2.75) is 26.3 Å². The van der Waals surface area contributed by atoms with Crippen LogP contribution in [0.15, 0.2) is 28.7 Å². The minimum absolute atomic E-state index is 0.373. The Labute approximate surface area is 123 Å². The Morgan fingerprint density at radius 2 is 2.17 bits per heavy atom. The molecule has 1 atom stereocenters. The second kappa shape index (κ2) is 8.78. The molecule has 1 aromatic carbocycles. The Morgan fingerprint density at radius 1 is 1.39 bits per heavy atom. The van der Waals surface area contributed by atoms with Crippen molar-refractivity contribution in [1.82, 2.24) is 5.32 Å². The van der Waals surface area contributed by atoms with E-state index in [-0.39, 0.29) is 0 Å². The minimum Gasteiger partial charge on any atom is -0.492 e. The van der Waals surface area contributed by atoms with Gasteiger partial charge in [0.2, 0.25) is 0 Å². The van der Waals surface area contributed by atoms with Crippen LogP contribution in [0.3, 0.4) is 0 Å². The average Bonchev–Trinajstić information content (AvgIpc) is 2.32. The summed E-state index contributed by atoms with van der Waals surface area (Å²) < 4.78 is 6.68. The van der Waals surface area contributed by atoms with Gasteiger partial charge in [0.05, 0.1) is 0 Å². The molecule has 1 aromatic rings. The summed E-state index contributed by atoms with van der Waals surface area (Å²) in [5.74, 6) is 2.19. The van der Waals surface area contributed by atoms with Crippen LogP contribution in [0.5, 0.6) is 5.75 Å². The van der Waals surface area contributed by atoms with Gasteiger partial charge in [-0.3, -0.25) is 0 Å². The molecule has 0 heterocycles. The highest BCUT2D eigenvalue weighted by Gasteiger charge is 2.08. The summed E-state index contributed by atoms with van der Waals surface area (Å²) in [6.45, 7) is 5.89. The summed E-state index contributed by atoms with van der Waals surface area (Å²) in [6.07, 6.45) is 1.10. The summed E-state index contributed by atoms with van der Waals surface area (Å²) in [5.41, 5.74) is 0. The van der Waals surface area contributed by atoms with Crippen LogP contribution in [0.25, 0.3) is 0 Å². The molecule has 0 fully saturated rings. The molecule has 1 N–H and O–H groups in total. The molecule has 18 heavy (non-hydrogen) atoms. The Hall–Kier alpha value is -0.250. The maximum Gasteiger partial charge on any atom is 0.120 e. The van der Waals surface area contributed by atoms with Gasteiger partial charge >= 0.3 is 0 Å². The third kappa shape index (κ3) is 6.62. The third-order valence-electron chi connectivity index (χ3n) is 2.54. The van der Waals surface area contributed by atoms with E-state index in [1.54, 1.807) is 0 Å². The molecule has 102 valence electrons. The van der Waals surface area contributed by atoms with Gasteiger partial charge in [0.15, 0.2) is 0 Å². The van der Waals surface area contributed by atoms with E-state index >= 15 is 0 Å². The highest BCUT2D eigenvalue weighted by molar-refractivity contribution is 9.10. The van der Waals surface area contributed by atoms with Gasteiger partial charge < -0.3 is 10.1 Å². The molecule has 0 aliphatic carbocycles. The van der Waals surface area contributed by atoms with E-state index in [9.17, 15) is 0 Å². The first-order valence-electron chi connectivity index (χ1n) is 6.29. The van der Waals surface area contributed by atoms with Crippen LogP contribution >= 0.6 is 27.5 Å². The number of alkyl halides is 1. The molecule has 0 radical (unpaired) electrons. The number of ether oxygens (including phenoxy) is 1. The van der Waals surface area contributed by atoms with Crippen molar-refractivity contribution in [3.05, 3.63) is 28.7 Å². The molecule has 0 aliphatic heterocycles. The maximum absolute atomic E-state index is 5.92. The van der Waals surface area contributed by atoms with Crippen LogP contribution < -0.4 is 10.1 Å². The van der Waals surface area contributed by atoms with Crippen LogP contribution in [0.4, 0.5) is 0 Å². The molecule has 0 spiro atoms. The zero-order chi connectivity index (χ0) is 13.4. The van der Waals surface area contributed by atoms with Crippen LogP contribution in [-0.2, 0) is 0 Å². The lowest BCUT2D eigenvalue weighted by atomic mass is 10.1. The quantitative estimate of drug-likeness (QED) is 0.571. The summed E-state index contributed by atoms with van der Waals surface area (Å²) in [7, 11) is 0. The predicted octanol–water partition coefficient (Wildman–Crippen LogP) is 4.07. The fraction of sp³-hybridized carbons (Fsp3) is 0.571. The van der Waals surface area contributed by atoms with E-state index in [1.165, 1.54) is 0 Å². The second-order valence-electron chi connectivity index (χ2n) is 4.74. The molecule has 0 saturated carbocycles. The lowest BCUT2D eigenvalue weighted by Gasteiger charge is -2.18. The smallest absolute Gasteiger partial charge is 0.120 e. The van der Waals surface area contributed by atoms with E-state index in [2.05, 4.69) is 35.1 Å². The van der Waals surface area contributed by atoms with Crippen LogP contribution in [0.1, 0.15) is 20.3 Å². The van der Waals surface area contributed by atoms with Gasteiger partial charge in [0.25, 0.3) is 0 Å². The van der Waals surface area contributed by atoms with Gasteiger partial charge in [-0.25, -0.2) is 0 Å². The van der Waals surface area contributed by atoms with Crippen LogP contribution in [-0.4, -0.2) is 25.1 Å². The van der Waals surface area contributed by atoms with E-state index in [4.69, 9.17) is 16.3 Å². The molecular formula is C14H21BrClNO. The maximum atomic E-state index is 5.92. The van der Waals surface area contributed by atoms with Gasteiger partial charge in [0, 0.05) is 22.9 Å². The molecular weight excluding hydrogens is 314 g/mol. The molecule has 1 unspecified atom stereocenters. The Balaban J connectivity index is 2.21. The van der Waals surface area contributed by atoms with Crippen molar-refractivity contribution < 1.29 is 4.74 Å². The molecule has 0 bridgehead atoms. The topological polar surface area (TPSA) is 21.3 Å². The summed E-state index contributed by atoms with van der Waals surface area (Å²) in [4.78, 5) is 0. The van der Waals surface area contributed by atoms with E-state index in [0.717, 1.165) is 23.2 Å². The Kier molecular flexibility index (Phi) is 7.71. The summed E-state index contributed by atoms with van der Waals surface area (Å²) in [5, 5.41) is 3.42. The predicted molar refractivity (Wildman–Crippen MR) is 81.6 cm³/mol. The van der Waals surface area contributed by atoms with Crippen molar-refractivity contribution in [3.63, 3.8) is 0 Å². The third-order valence-corrected chi connectivity index (χ3v) is 3.41. The van der Waals surface area contributed by atoms with E-state index in [1.807, 2.05) is 24.3 Å². The van der Waals surface area contributed by atoms with Gasteiger partial charge in [-0.1, -0.05) is 35.8 Å². The van der Waals surface area contributed by atoms with Crippen LogP contribution in [0, 0.1) is 5.92 Å². The highest BCUT2D eigenvalue weighted by atomic mass is 79.9. The normalized spacial score (nSPS) is 12.7. The monoisotopic (exact) mass is 333 g/mol. The van der Waals surface area contributed by atoms with E-state index in [0.29, 0.717) is 24.4 Å². The molecule has 4 heteroatoms. The number of hydrogen-bond acceptors (Lipinski definition) is 2. The lowest BCUT2D eigenvalue weighted by Crippen LogP contribution is -2.35. The number of hydrogen-bond donors (Lipinski definition) is 1. The SMILES string of the molecule is CC(C)CC(CCl)NCCOc1cccc(Br)c1. The summed E-state index contributed by atoms with van der Waals surface area (Å²) >= 11 is 9.34. The van der Waals surface area contributed by atoms with Crippen molar-refractivity contribution in [3.8, 4) is 5.75 Å². The summed E-state index contributed by atoms with van der Waals surface area (Å²) in [6, 6.07) is 8.24. The second-order valence-corrected chi connectivity index (χ2v) is 5.97. The van der Waals surface area contributed by atoms with Crippen molar-refractivity contribution in [1.29, 1.82) is 0 Å². The van der Waals surface area contributed by atoms with E-state index < -0.39 is 0 Å². The Bertz CT molecular complexity index is 346. The van der Waals surface area contributed by atoms with Gasteiger partial charge in [-0.15, -0.1) is 11.6 Å². The first-order valence-corrected chi connectivity index (χ1v) is 7.62.